The number of aromatic nitrogens is 1. The van der Waals surface area contributed by atoms with Crippen molar-refractivity contribution in [2.75, 3.05) is 39.3 Å². The van der Waals surface area contributed by atoms with Crippen molar-refractivity contribution in [3.8, 4) is 0 Å². The second-order valence-electron chi connectivity index (χ2n) is 4.97. The Balaban J connectivity index is 1.62. The Labute approximate surface area is 121 Å². The Kier molecular flexibility index (Phi) is 3.81. The Morgan fingerprint density at radius 2 is 2.05 bits per heavy atom. The summed E-state index contributed by atoms with van der Waals surface area (Å²) in [5.74, 6) is 0.0267. The lowest BCUT2D eigenvalue weighted by atomic mass is 10.1. The van der Waals surface area contributed by atoms with Crippen molar-refractivity contribution in [3.63, 3.8) is 0 Å². The maximum Gasteiger partial charge on any atom is 0.273 e. The van der Waals surface area contributed by atoms with E-state index < -0.39 is 0 Å². The molecule has 6 heteroatoms. The summed E-state index contributed by atoms with van der Waals surface area (Å²) < 4.78 is 0.769. The normalized spacial score (nSPS) is 21.2. The molecule has 1 N–H and O–H groups in total. The number of hydrogen-bond donors (Lipinski definition) is 1. The van der Waals surface area contributed by atoms with Crippen LogP contribution in [0.3, 0.4) is 0 Å². The molecule has 0 atom stereocenters. The van der Waals surface area contributed by atoms with Gasteiger partial charge in [-0.2, -0.15) is 0 Å². The largest absolute Gasteiger partial charge is 0.335 e. The highest BCUT2D eigenvalue weighted by Gasteiger charge is 2.30. The highest BCUT2D eigenvalue weighted by Crippen LogP contribution is 2.17. The van der Waals surface area contributed by atoms with E-state index >= 15 is 0 Å². The van der Waals surface area contributed by atoms with E-state index in [1.54, 1.807) is 6.20 Å². The molecule has 1 amide bonds. The molecule has 2 saturated heterocycles. The van der Waals surface area contributed by atoms with Gasteiger partial charge in [-0.15, -0.1) is 0 Å². The zero-order chi connectivity index (χ0) is 13.2. The summed E-state index contributed by atoms with van der Waals surface area (Å²) in [6, 6.07) is 4.35. The van der Waals surface area contributed by atoms with Gasteiger partial charge in [0.15, 0.2) is 0 Å². The van der Waals surface area contributed by atoms with Gasteiger partial charge in [0.05, 0.1) is 0 Å². The fourth-order valence-electron chi connectivity index (χ4n) is 2.51. The van der Waals surface area contributed by atoms with Crippen LogP contribution in [0.5, 0.6) is 0 Å². The summed E-state index contributed by atoms with van der Waals surface area (Å²) in [6.45, 7) is 5.67. The van der Waals surface area contributed by atoms with Crippen LogP contribution in [0.1, 0.15) is 10.5 Å². The molecule has 0 aromatic carbocycles. The van der Waals surface area contributed by atoms with Crippen LogP contribution in [0, 0.1) is 0 Å². The monoisotopic (exact) mass is 324 g/mol. The van der Waals surface area contributed by atoms with Gasteiger partial charge in [-0.3, -0.25) is 9.69 Å². The number of carbonyl (C=O) groups is 1. The van der Waals surface area contributed by atoms with Gasteiger partial charge >= 0.3 is 0 Å². The molecule has 1 aromatic rings. The van der Waals surface area contributed by atoms with Crippen LogP contribution in [0.2, 0.25) is 0 Å². The highest BCUT2D eigenvalue weighted by molar-refractivity contribution is 9.10. The lowest BCUT2D eigenvalue weighted by Gasteiger charge is -2.43. The van der Waals surface area contributed by atoms with Crippen LogP contribution in [-0.4, -0.2) is 66.0 Å². The number of amides is 1. The number of carbonyl (C=O) groups excluding carboxylic acids is 1. The van der Waals surface area contributed by atoms with Crippen LogP contribution in [-0.2, 0) is 0 Å². The molecule has 0 unspecified atom stereocenters. The van der Waals surface area contributed by atoms with E-state index in [4.69, 9.17) is 0 Å². The van der Waals surface area contributed by atoms with Crippen molar-refractivity contribution in [3.05, 3.63) is 28.5 Å². The number of pyridine rings is 1. The zero-order valence-corrected chi connectivity index (χ0v) is 12.3. The predicted molar refractivity (Wildman–Crippen MR) is 76.1 cm³/mol. The molecule has 3 rings (SSSR count). The van der Waals surface area contributed by atoms with Gasteiger partial charge in [0.1, 0.15) is 5.69 Å². The van der Waals surface area contributed by atoms with E-state index in [1.165, 1.54) is 0 Å². The first-order valence-corrected chi connectivity index (χ1v) is 7.39. The van der Waals surface area contributed by atoms with Crippen LogP contribution in [0.15, 0.2) is 22.8 Å². The highest BCUT2D eigenvalue weighted by atomic mass is 79.9. The Morgan fingerprint density at radius 3 is 2.63 bits per heavy atom. The van der Waals surface area contributed by atoms with E-state index in [0.717, 1.165) is 43.7 Å². The third kappa shape index (κ3) is 2.66. The molecule has 3 heterocycles. The fraction of sp³-hybridized carbons (Fsp3) is 0.538. The third-order valence-corrected chi connectivity index (χ3v) is 4.48. The number of rotatable bonds is 2. The van der Waals surface area contributed by atoms with Crippen LogP contribution in [0.25, 0.3) is 0 Å². The number of nitrogens with zero attached hydrogens (tertiary/aromatic N) is 3. The van der Waals surface area contributed by atoms with Crippen LogP contribution < -0.4 is 5.32 Å². The molecule has 19 heavy (non-hydrogen) atoms. The molecule has 5 nitrogen and oxygen atoms in total. The molecule has 102 valence electrons. The van der Waals surface area contributed by atoms with Crippen molar-refractivity contribution in [1.29, 1.82) is 0 Å². The summed E-state index contributed by atoms with van der Waals surface area (Å²) >= 11 is 3.39. The number of nitrogens with one attached hydrogen (secondary N) is 1. The smallest absolute Gasteiger partial charge is 0.273 e. The molecule has 0 spiro atoms. The van der Waals surface area contributed by atoms with Gasteiger partial charge in [0.2, 0.25) is 0 Å². The average Bonchev–Trinajstić information content (AvgIpc) is 2.37. The topological polar surface area (TPSA) is 48.5 Å². The molecular formula is C13H17BrN4O. The van der Waals surface area contributed by atoms with Gasteiger partial charge in [-0.1, -0.05) is 0 Å². The minimum absolute atomic E-state index is 0.0267. The van der Waals surface area contributed by atoms with Crippen molar-refractivity contribution in [2.24, 2.45) is 0 Å². The van der Waals surface area contributed by atoms with E-state index in [2.05, 4.69) is 31.1 Å². The van der Waals surface area contributed by atoms with E-state index in [1.807, 2.05) is 17.0 Å². The first kappa shape index (κ1) is 13.0. The summed E-state index contributed by atoms with van der Waals surface area (Å²) in [4.78, 5) is 20.9. The molecule has 0 aliphatic carbocycles. The number of halogens is 1. The van der Waals surface area contributed by atoms with E-state index in [0.29, 0.717) is 11.7 Å². The van der Waals surface area contributed by atoms with Crippen molar-refractivity contribution < 1.29 is 4.79 Å². The van der Waals surface area contributed by atoms with E-state index in [-0.39, 0.29) is 5.91 Å². The van der Waals surface area contributed by atoms with Gasteiger partial charge in [-0.25, -0.2) is 4.98 Å². The molecular weight excluding hydrogens is 308 g/mol. The lowest BCUT2D eigenvalue weighted by Crippen LogP contribution is -2.62. The minimum Gasteiger partial charge on any atom is -0.335 e. The summed E-state index contributed by atoms with van der Waals surface area (Å²) in [6.07, 6.45) is 1.66. The molecule has 2 aliphatic rings. The quantitative estimate of drug-likeness (QED) is 0.864. The van der Waals surface area contributed by atoms with Gasteiger partial charge in [-0.05, 0) is 28.1 Å². The van der Waals surface area contributed by atoms with Gasteiger partial charge < -0.3 is 10.2 Å². The Hall–Kier alpha value is -0.980. The standard InChI is InChI=1S/C13H17BrN4O/c14-11-2-1-3-16-12(11)13(19)18-6-4-17(5-7-18)10-8-15-9-10/h1-3,10,15H,4-9H2. The average molecular weight is 325 g/mol. The second kappa shape index (κ2) is 5.56. The van der Waals surface area contributed by atoms with Crippen LogP contribution in [0.4, 0.5) is 0 Å². The van der Waals surface area contributed by atoms with Crippen molar-refractivity contribution in [1.82, 2.24) is 20.1 Å². The minimum atomic E-state index is 0.0267. The van der Waals surface area contributed by atoms with Crippen molar-refractivity contribution >= 4 is 21.8 Å². The van der Waals surface area contributed by atoms with Gasteiger partial charge in [0, 0.05) is 56.0 Å². The summed E-state index contributed by atoms with van der Waals surface area (Å²) in [5, 5.41) is 3.29. The first-order valence-electron chi connectivity index (χ1n) is 6.60. The van der Waals surface area contributed by atoms with E-state index in [9.17, 15) is 4.79 Å². The fourth-order valence-corrected chi connectivity index (χ4v) is 2.94. The number of piperazine rings is 1. The van der Waals surface area contributed by atoms with Crippen molar-refractivity contribution in [2.45, 2.75) is 6.04 Å². The van der Waals surface area contributed by atoms with Crippen LogP contribution >= 0.6 is 15.9 Å². The molecule has 2 aliphatic heterocycles. The molecule has 0 radical (unpaired) electrons. The second-order valence-corrected chi connectivity index (χ2v) is 5.83. The SMILES string of the molecule is O=C(c1ncccc1Br)N1CCN(C2CNC2)CC1. The summed E-state index contributed by atoms with van der Waals surface area (Å²) in [5.41, 5.74) is 0.515. The van der Waals surface area contributed by atoms with Gasteiger partial charge in [0.25, 0.3) is 5.91 Å². The maximum atomic E-state index is 12.4. The molecule has 1 aromatic heterocycles. The molecule has 2 fully saturated rings. The Morgan fingerprint density at radius 1 is 1.32 bits per heavy atom. The summed E-state index contributed by atoms with van der Waals surface area (Å²) in [7, 11) is 0. The molecule has 0 bridgehead atoms. The predicted octanol–water partition coefficient (Wildman–Crippen LogP) is 0.574. The Bertz CT molecular complexity index is 469. The first-order chi connectivity index (χ1) is 9.25. The number of hydrogen-bond acceptors (Lipinski definition) is 4. The maximum absolute atomic E-state index is 12.4. The molecule has 0 saturated carbocycles. The lowest BCUT2D eigenvalue weighted by molar-refractivity contribution is 0.0496. The zero-order valence-electron chi connectivity index (χ0n) is 10.7. The third-order valence-electron chi connectivity index (χ3n) is 3.84.